The normalized spacial score (nSPS) is 11.8. The fourth-order valence-corrected chi connectivity index (χ4v) is 14.9. The average Bonchev–Trinajstić information content (AvgIpc) is 3.92. The van der Waals surface area contributed by atoms with Crippen LogP contribution in [0.3, 0.4) is 0 Å². The molecule has 0 N–H and O–H groups in total. The zero-order valence-corrected chi connectivity index (χ0v) is 36.1. The van der Waals surface area contributed by atoms with E-state index in [-0.39, 0.29) is 0 Å². The molecule has 0 atom stereocenters. The van der Waals surface area contributed by atoms with E-state index in [1.54, 1.807) is 0 Å². The summed E-state index contributed by atoms with van der Waals surface area (Å²) in [6, 6.07) is 92.8. The highest BCUT2D eigenvalue weighted by Gasteiger charge is 2.41. The van der Waals surface area contributed by atoms with Crippen LogP contribution in [0.25, 0.3) is 60.6 Å². The van der Waals surface area contributed by atoms with Crippen molar-refractivity contribution >= 4 is 89.6 Å². The molecule has 0 spiro atoms. The maximum Gasteiger partial charge on any atom is 0.179 e. The van der Waals surface area contributed by atoms with Crippen LogP contribution in [0, 0.1) is 0 Å². The predicted molar refractivity (Wildman–Crippen MR) is 272 cm³/mol. The van der Waals surface area contributed by atoms with Gasteiger partial charge in [-0.1, -0.05) is 182 Å². The molecule has 0 saturated carbocycles. The highest BCUT2D eigenvalue weighted by atomic mass is 28.3. The Morgan fingerprint density at radius 3 is 1.47 bits per heavy atom. The van der Waals surface area contributed by atoms with Crippen LogP contribution in [0.1, 0.15) is 0 Å². The van der Waals surface area contributed by atoms with Gasteiger partial charge >= 0.3 is 0 Å². The molecule has 64 heavy (non-hydrogen) atoms. The number of benzene rings is 10. The van der Waals surface area contributed by atoms with Crippen molar-refractivity contribution < 1.29 is 4.42 Å². The second-order valence-corrected chi connectivity index (χ2v) is 20.3. The van der Waals surface area contributed by atoms with E-state index in [0.29, 0.717) is 0 Å². The van der Waals surface area contributed by atoms with Crippen molar-refractivity contribution in [1.82, 2.24) is 4.57 Å². The molecule has 0 aliphatic carbocycles. The van der Waals surface area contributed by atoms with Gasteiger partial charge in [0.2, 0.25) is 0 Å². The van der Waals surface area contributed by atoms with Gasteiger partial charge in [0.25, 0.3) is 0 Å². The summed E-state index contributed by atoms with van der Waals surface area (Å²) in [6.45, 7) is 0. The van der Waals surface area contributed by atoms with E-state index in [0.717, 1.165) is 44.7 Å². The summed E-state index contributed by atoms with van der Waals surface area (Å²) in [5.74, 6) is 0. The van der Waals surface area contributed by atoms with Gasteiger partial charge in [0.05, 0.1) is 11.0 Å². The van der Waals surface area contributed by atoms with Crippen LogP contribution in [-0.2, 0) is 0 Å². The summed E-state index contributed by atoms with van der Waals surface area (Å²) in [5.41, 5.74) is 10.9. The third-order valence-electron chi connectivity index (χ3n) is 12.9. The maximum atomic E-state index is 6.32. The van der Waals surface area contributed by atoms with Gasteiger partial charge in [-0.2, -0.15) is 0 Å². The Balaban J connectivity index is 1.02. The highest BCUT2D eigenvalue weighted by molar-refractivity contribution is 7.19. The van der Waals surface area contributed by atoms with E-state index >= 15 is 0 Å². The van der Waals surface area contributed by atoms with Crippen molar-refractivity contribution in [2.24, 2.45) is 0 Å². The molecule has 0 aliphatic heterocycles. The Morgan fingerprint density at radius 1 is 0.344 bits per heavy atom. The molecule has 4 heteroatoms. The Labute approximate surface area is 373 Å². The Bertz CT molecular complexity index is 3490. The Kier molecular flexibility index (Phi) is 9.17. The number of aromatic nitrogens is 1. The molecule has 0 bridgehead atoms. The smallest absolute Gasteiger partial charge is 0.179 e. The number of furan rings is 1. The molecule has 302 valence electrons. The molecule has 0 radical (unpaired) electrons. The van der Waals surface area contributed by atoms with Gasteiger partial charge < -0.3 is 13.9 Å². The molecule has 0 aliphatic rings. The number of fused-ring (bicyclic) bond motifs is 6. The molecule has 0 fully saturated rings. The minimum absolute atomic E-state index is 0.878. The van der Waals surface area contributed by atoms with E-state index in [2.05, 4.69) is 252 Å². The van der Waals surface area contributed by atoms with Crippen molar-refractivity contribution in [3.05, 3.63) is 255 Å². The fraction of sp³-hybridized carbons (Fsp3) is 0. The first-order valence-corrected chi connectivity index (χ1v) is 23.9. The molecular formula is C60H42N2OSi. The standard InChI is InChI=1S/C60H42N2OSi/c1-5-18-44(19-6-1)62-56-29-15-13-27-54(56)60-52(28-17-30-57(60)62)43-32-34-45(35-33-43)61(47-38-41-59-55(42-47)53-26-14-16-31-58(53)63-59)46-36-39-51(40-37-46)64(48-20-7-2-8-21-48,49-22-9-3-10-23-49)50-24-11-4-12-25-50/h1-42H. The molecule has 0 amide bonds. The maximum absolute atomic E-state index is 6.32. The van der Waals surface area contributed by atoms with E-state index in [1.165, 1.54) is 53.7 Å². The Hall–Kier alpha value is -8.18. The molecule has 12 rings (SSSR count). The molecule has 2 aromatic heterocycles. The molecular weight excluding hydrogens is 793 g/mol. The molecule has 2 heterocycles. The lowest BCUT2D eigenvalue weighted by Gasteiger charge is -2.35. The summed E-state index contributed by atoms with van der Waals surface area (Å²) < 4.78 is 8.71. The van der Waals surface area contributed by atoms with E-state index in [4.69, 9.17) is 4.42 Å². The van der Waals surface area contributed by atoms with Gasteiger partial charge in [0.15, 0.2) is 8.07 Å². The zero-order chi connectivity index (χ0) is 42.5. The van der Waals surface area contributed by atoms with Crippen LogP contribution >= 0.6 is 0 Å². The second kappa shape index (κ2) is 15.6. The number of hydrogen-bond donors (Lipinski definition) is 0. The van der Waals surface area contributed by atoms with E-state index in [1.807, 2.05) is 12.1 Å². The summed E-state index contributed by atoms with van der Waals surface area (Å²) in [4.78, 5) is 2.38. The van der Waals surface area contributed by atoms with Gasteiger partial charge in [-0.3, -0.25) is 0 Å². The van der Waals surface area contributed by atoms with Gasteiger partial charge in [0.1, 0.15) is 11.2 Å². The number of rotatable bonds is 9. The first kappa shape index (κ1) is 37.6. The topological polar surface area (TPSA) is 21.3 Å². The average molecular weight is 835 g/mol. The summed E-state index contributed by atoms with van der Waals surface area (Å²) in [7, 11) is -2.71. The highest BCUT2D eigenvalue weighted by Crippen LogP contribution is 2.42. The van der Waals surface area contributed by atoms with Crippen LogP contribution < -0.4 is 25.6 Å². The Morgan fingerprint density at radius 2 is 0.828 bits per heavy atom. The van der Waals surface area contributed by atoms with Crippen LogP contribution in [-0.4, -0.2) is 12.6 Å². The molecule has 0 saturated heterocycles. The quantitative estimate of drug-likeness (QED) is 0.107. The first-order chi connectivity index (χ1) is 31.8. The van der Waals surface area contributed by atoms with Crippen LogP contribution in [0.5, 0.6) is 0 Å². The predicted octanol–water partition coefficient (Wildman–Crippen LogP) is 13.2. The van der Waals surface area contributed by atoms with Crippen molar-refractivity contribution in [1.29, 1.82) is 0 Å². The van der Waals surface area contributed by atoms with Crippen molar-refractivity contribution in [3.63, 3.8) is 0 Å². The molecule has 10 aromatic carbocycles. The first-order valence-electron chi connectivity index (χ1n) is 21.9. The number of hydrogen-bond acceptors (Lipinski definition) is 2. The van der Waals surface area contributed by atoms with Crippen LogP contribution in [0.2, 0.25) is 0 Å². The van der Waals surface area contributed by atoms with E-state index < -0.39 is 8.07 Å². The van der Waals surface area contributed by atoms with Crippen molar-refractivity contribution in [2.75, 3.05) is 4.90 Å². The molecule has 3 nitrogen and oxygen atoms in total. The lowest BCUT2D eigenvalue weighted by atomic mass is 9.99. The van der Waals surface area contributed by atoms with Gasteiger partial charge in [-0.25, -0.2) is 0 Å². The van der Waals surface area contributed by atoms with Crippen LogP contribution in [0.15, 0.2) is 259 Å². The van der Waals surface area contributed by atoms with Gasteiger partial charge in [-0.15, -0.1) is 0 Å². The minimum Gasteiger partial charge on any atom is -0.456 e. The number of anilines is 3. The van der Waals surface area contributed by atoms with Gasteiger partial charge in [0, 0.05) is 44.3 Å². The number of para-hydroxylation sites is 3. The van der Waals surface area contributed by atoms with Crippen molar-refractivity contribution in [2.45, 2.75) is 0 Å². The monoisotopic (exact) mass is 834 g/mol. The zero-order valence-electron chi connectivity index (χ0n) is 35.1. The van der Waals surface area contributed by atoms with Crippen LogP contribution in [0.4, 0.5) is 17.1 Å². The third-order valence-corrected chi connectivity index (χ3v) is 17.7. The SMILES string of the molecule is c1ccc(-n2c3ccccc3c3c(-c4ccc(N(c5ccc([Si](c6ccccc6)(c6ccccc6)c6ccccc6)cc5)c5ccc6oc7ccccc7c6c5)cc4)cccc32)cc1. The lowest BCUT2D eigenvalue weighted by molar-refractivity contribution is 0.669. The van der Waals surface area contributed by atoms with Gasteiger partial charge in [-0.05, 0) is 105 Å². The third kappa shape index (κ3) is 6.10. The van der Waals surface area contributed by atoms with E-state index in [9.17, 15) is 0 Å². The molecule has 0 unspecified atom stereocenters. The minimum atomic E-state index is -2.71. The lowest BCUT2D eigenvalue weighted by Crippen LogP contribution is -2.74. The summed E-state index contributed by atoms with van der Waals surface area (Å²) >= 11 is 0. The summed E-state index contributed by atoms with van der Waals surface area (Å²) in [6.07, 6.45) is 0. The second-order valence-electron chi connectivity index (χ2n) is 16.4. The fourth-order valence-electron chi connectivity index (χ4n) is 10.1. The number of nitrogens with zero attached hydrogens (tertiary/aromatic N) is 2. The molecule has 12 aromatic rings. The largest absolute Gasteiger partial charge is 0.456 e. The van der Waals surface area contributed by atoms with Crippen molar-refractivity contribution in [3.8, 4) is 16.8 Å². The summed E-state index contributed by atoms with van der Waals surface area (Å²) in [5, 5.41) is 10.1.